The fourth-order valence-corrected chi connectivity index (χ4v) is 1.43. The first kappa shape index (κ1) is 10.1. The van der Waals surface area contributed by atoms with Crippen molar-refractivity contribution >= 4 is 0 Å². The van der Waals surface area contributed by atoms with Gasteiger partial charge >= 0.3 is 0 Å². The Morgan fingerprint density at radius 2 is 2.08 bits per heavy atom. The Kier molecular flexibility index (Phi) is 2.94. The second-order valence-electron chi connectivity index (χ2n) is 3.64. The second-order valence-corrected chi connectivity index (χ2v) is 3.64. The van der Waals surface area contributed by atoms with Gasteiger partial charge in [-0.2, -0.15) is 0 Å². The molecule has 0 radical (unpaired) electrons. The Morgan fingerprint density at radius 1 is 1.46 bits per heavy atom. The molecule has 0 saturated heterocycles. The van der Waals surface area contributed by atoms with Crippen LogP contribution in [-0.2, 0) is 0 Å². The lowest BCUT2D eigenvalue weighted by atomic mass is 10.1. The van der Waals surface area contributed by atoms with E-state index in [9.17, 15) is 0 Å². The Bertz CT molecular complexity index is 319. The first-order valence-corrected chi connectivity index (χ1v) is 4.48. The van der Waals surface area contributed by atoms with E-state index in [1.807, 2.05) is 39.8 Å². The van der Waals surface area contributed by atoms with Crippen LogP contribution in [0.4, 0.5) is 0 Å². The number of allylic oxidation sites excluding steroid dienone is 1. The van der Waals surface area contributed by atoms with Gasteiger partial charge < -0.3 is 10.2 Å². The zero-order valence-corrected chi connectivity index (χ0v) is 8.72. The van der Waals surface area contributed by atoms with Gasteiger partial charge in [0.2, 0.25) is 0 Å². The average Bonchev–Trinajstić information content (AvgIpc) is 2.28. The van der Waals surface area contributed by atoms with Crippen LogP contribution < -0.4 is 5.73 Å². The Balaban J connectivity index is 2.94. The van der Waals surface area contributed by atoms with Crippen molar-refractivity contribution in [2.45, 2.75) is 33.7 Å². The van der Waals surface area contributed by atoms with E-state index in [0.717, 1.165) is 17.1 Å². The van der Waals surface area contributed by atoms with E-state index in [4.69, 9.17) is 10.2 Å². The molecule has 1 rings (SSSR count). The van der Waals surface area contributed by atoms with Crippen molar-refractivity contribution in [2.75, 3.05) is 0 Å². The van der Waals surface area contributed by atoms with Crippen LogP contribution >= 0.6 is 0 Å². The topological polar surface area (TPSA) is 39.2 Å². The third-order valence-electron chi connectivity index (χ3n) is 1.95. The Hall–Kier alpha value is -1.02. The smallest absolute Gasteiger partial charge is 0.106 e. The van der Waals surface area contributed by atoms with Crippen molar-refractivity contribution in [1.82, 2.24) is 0 Å². The van der Waals surface area contributed by atoms with Gasteiger partial charge in [-0.1, -0.05) is 11.6 Å². The molecule has 1 heterocycles. The fourth-order valence-electron chi connectivity index (χ4n) is 1.43. The first-order chi connectivity index (χ1) is 6.00. The van der Waals surface area contributed by atoms with Crippen molar-refractivity contribution in [2.24, 2.45) is 5.73 Å². The number of hydrogen-bond acceptors (Lipinski definition) is 2. The predicted molar refractivity (Wildman–Crippen MR) is 54.5 cm³/mol. The molecule has 2 heteroatoms. The van der Waals surface area contributed by atoms with E-state index in [1.54, 1.807) is 0 Å². The lowest BCUT2D eigenvalue weighted by molar-refractivity contribution is 0.500. The van der Waals surface area contributed by atoms with Crippen molar-refractivity contribution in [3.05, 3.63) is 34.8 Å². The van der Waals surface area contributed by atoms with Gasteiger partial charge in [-0.25, -0.2) is 0 Å². The summed E-state index contributed by atoms with van der Waals surface area (Å²) in [4.78, 5) is 0. The summed E-state index contributed by atoms with van der Waals surface area (Å²) in [5.41, 5.74) is 8.28. The molecule has 0 spiro atoms. The summed E-state index contributed by atoms with van der Waals surface area (Å²) in [6, 6.07) is 1.96. The monoisotopic (exact) mass is 179 g/mol. The molecule has 72 valence electrons. The van der Waals surface area contributed by atoms with Crippen molar-refractivity contribution < 1.29 is 4.42 Å². The molecule has 13 heavy (non-hydrogen) atoms. The summed E-state index contributed by atoms with van der Waals surface area (Å²) in [5.74, 6) is 1.84. The summed E-state index contributed by atoms with van der Waals surface area (Å²) < 4.78 is 5.41. The average molecular weight is 179 g/mol. The summed E-state index contributed by atoms with van der Waals surface area (Å²) in [5, 5.41) is 0. The van der Waals surface area contributed by atoms with Gasteiger partial charge in [0.1, 0.15) is 11.5 Å². The molecule has 1 aromatic heterocycles. The van der Waals surface area contributed by atoms with Gasteiger partial charge in [-0.15, -0.1) is 0 Å². The Morgan fingerprint density at radius 3 is 2.46 bits per heavy atom. The van der Waals surface area contributed by atoms with E-state index in [1.165, 1.54) is 5.57 Å². The predicted octanol–water partition coefficient (Wildman–Crippen LogP) is 2.86. The normalized spacial score (nSPS) is 12.7. The van der Waals surface area contributed by atoms with Crippen LogP contribution in [0.15, 0.2) is 22.1 Å². The van der Waals surface area contributed by atoms with E-state index in [2.05, 4.69) is 0 Å². The lowest BCUT2D eigenvalue weighted by Gasteiger charge is -2.05. The molecule has 0 aliphatic heterocycles. The van der Waals surface area contributed by atoms with Gasteiger partial charge in [0, 0.05) is 5.56 Å². The number of furan rings is 1. The maximum atomic E-state index is 5.97. The summed E-state index contributed by atoms with van der Waals surface area (Å²) in [6.07, 6.45) is 2.04. The largest absolute Gasteiger partial charge is 0.466 e. The molecule has 0 saturated carbocycles. The van der Waals surface area contributed by atoms with Crippen LogP contribution in [0.2, 0.25) is 0 Å². The van der Waals surface area contributed by atoms with Gasteiger partial charge in [-0.3, -0.25) is 0 Å². The van der Waals surface area contributed by atoms with E-state index < -0.39 is 0 Å². The van der Waals surface area contributed by atoms with Crippen molar-refractivity contribution in [1.29, 1.82) is 0 Å². The molecule has 1 atom stereocenters. The molecule has 0 aromatic carbocycles. The maximum Gasteiger partial charge on any atom is 0.106 e. The molecule has 2 N–H and O–H groups in total. The number of nitrogens with two attached hydrogens (primary N) is 1. The zero-order chi connectivity index (χ0) is 10.0. The number of rotatable bonds is 2. The highest BCUT2D eigenvalue weighted by Crippen LogP contribution is 2.21. The molecule has 1 aromatic rings. The molecular weight excluding hydrogens is 162 g/mol. The van der Waals surface area contributed by atoms with Crippen molar-refractivity contribution in [3.63, 3.8) is 0 Å². The van der Waals surface area contributed by atoms with Gasteiger partial charge in [0.25, 0.3) is 0 Å². The maximum absolute atomic E-state index is 5.97. The van der Waals surface area contributed by atoms with Gasteiger partial charge in [0.05, 0.1) is 6.04 Å². The number of aryl methyl sites for hydroxylation is 2. The quantitative estimate of drug-likeness (QED) is 0.709. The van der Waals surface area contributed by atoms with Crippen LogP contribution in [0.3, 0.4) is 0 Å². The van der Waals surface area contributed by atoms with Crippen molar-refractivity contribution in [3.8, 4) is 0 Å². The summed E-state index contributed by atoms with van der Waals surface area (Å²) in [6.45, 7) is 7.97. The van der Waals surface area contributed by atoms with Crippen LogP contribution in [0.1, 0.15) is 37.0 Å². The highest BCUT2D eigenvalue weighted by molar-refractivity contribution is 5.27. The molecule has 2 nitrogen and oxygen atoms in total. The second kappa shape index (κ2) is 3.79. The minimum atomic E-state index is -0.0394. The fraction of sp³-hybridized carbons (Fsp3) is 0.455. The standard InChI is InChI=1S/C11H17NO/c1-7(2)5-11(12)10-6-8(3)13-9(10)4/h5-6,11H,12H2,1-4H3. The van der Waals surface area contributed by atoms with Gasteiger partial charge in [-0.05, 0) is 33.8 Å². The molecule has 0 amide bonds. The zero-order valence-electron chi connectivity index (χ0n) is 8.72. The summed E-state index contributed by atoms with van der Waals surface area (Å²) >= 11 is 0. The van der Waals surface area contributed by atoms with Crippen LogP contribution in [0.5, 0.6) is 0 Å². The molecule has 0 bridgehead atoms. The van der Waals surface area contributed by atoms with Crippen LogP contribution in [0, 0.1) is 13.8 Å². The Labute approximate surface area is 79.4 Å². The highest BCUT2D eigenvalue weighted by Gasteiger charge is 2.10. The third-order valence-corrected chi connectivity index (χ3v) is 1.95. The molecule has 0 fully saturated rings. The van der Waals surface area contributed by atoms with Gasteiger partial charge in [0.15, 0.2) is 0 Å². The van der Waals surface area contributed by atoms with E-state index in [0.29, 0.717) is 0 Å². The molecule has 1 unspecified atom stereocenters. The van der Waals surface area contributed by atoms with E-state index >= 15 is 0 Å². The molecular formula is C11H17NO. The third kappa shape index (κ3) is 2.46. The van der Waals surface area contributed by atoms with Crippen LogP contribution in [-0.4, -0.2) is 0 Å². The van der Waals surface area contributed by atoms with Crippen LogP contribution in [0.25, 0.3) is 0 Å². The lowest BCUT2D eigenvalue weighted by Crippen LogP contribution is -2.07. The molecule has 0 aliphatic carbocycles. The highest BCUT2D eigenvalue weighted by atomic mass is 16.3. The number of hydrogen-bond donors (Lipinski definition) is 1. The van der Waals surface area contributed by atoms with E-state index in [-0.39, 0.29) is 6.04 Å². The summed E-state index contributed by atoms with van der Waals surface area (Å²) in [7, 11) is 0. The molecule has 0 aliphatic rings. The minimum Gasteiger partial charge on any atom is -0.466 e. The minimum absolute atomic E-state index is 0.0394. The first-order valence-electron chi connectivity index (χ1n) is 4.48. The SMILES string of the molecule is CC(C)=CC(N)c1cc(C)oc1C.